The quantitative estimate of drug-likeness (QED) is 0.827. The molecule has 2 N–H and O–H groups in total. The maximum atomic E-state index is 6.12. The molecule has 0 saturated heterocycles. The number of halogens is 2. The van der Waals surface area contributed by atoms with Crippen molar-refractivity contribution >= 4 is 40.4 Å². The summed E-state index contributed by atoms with van der Waals surface area (Å²) in [5.41, 5.74) is 7.03. The molecule has 0 amide bonds. The number of thiocarbonyl (C=S) groups is 1. The van der Waals surface area contributed by atoms with Crippen LogP contribution in [0.15, 0.2) is 36.4 Å². The summed E-state index contributed by atoms with van der Waals surface area (Å²) in [6.45, 7) is 0.210. The third-order valence-corrected chi connectivity index (χ3v) is 3.82. The summed E-state index contributed by atoms with van der Waals surface area (Å²) in [5, 5.41) is 1.09. The number of benzene rings is 2. The highest BCUT2D eigenvalue weighted by Crippen LogP contribution is 2.29. The van der Waals surface area contributed by atoms with E-state index < -0.39 is 0 Å². The Morgan fingerprint density at radius 2 is 1.86 bits per heavy atom. The molecule has 0 bridgehead atoms. The van der Waals surface area contributed by atoms with Gasteiger partial charge in [-0.1, -0.05) is 41.5 Å². The minimum atomic E-state index is 0.210. The molecule has 0 saturated carbocycles. The van der Waals surface area contributed by atoms with Crippen molar-refractivity contribution in [1.29, 1.82) is 0 Å². The predicted molar refractivity (Wildman–Crippen MR) is 89.7 cm³/mol. The van der Waals surface area contributed by atoms with Crippen LogP contribution in [0.4, 0.5) is 0 Å². The zero-order chi connectivity index (χ0) is 15.4. The zero-order valence-corrected chi connectivity index (χ0v) is 13.6. The van der Waals surface area contributed by atoms with Gasteiger partial charge < -0.3 is 15.2 Å². The van der Waals surface area contributed by atoms with Crippen LogP contribution in [-0.2, 0) is 6.61 Å². The third kappa shape index (κ3) is 3.79. The summed E-state index contributed by atoms with van der Waals surface area (Å²) in [7, 11) is 1.57. The molecule has 0 aliphatic heterocycles. The van der Waals surface area contributed by atoms with Gasteiger partial charge >= 0.3 is 0 Å². The molecule has 0 aliphatic carbocycles. The highest BCUT2D eigenvalue weighted by Gasteiger charge is 2.11. The van der Waals surface area contributed by atoms with Crippen LogP contribution in [0, 0.1) is 0 Å². The average molecular weight is 342 g/mol. The topological polar surface area (TPSA) is 44.5 Å². The van der Waals surface area contributed by atoms with Gasteiger partial charge in [0.15, 0.2) is 0 Å². The Balaban J connectivity index is 2.28. The number of methoxy groups -OCH3 is 1. The van der Waals surface area contributed by atoms with Crippen molar-refractivity contribution in [3.05, 3.63) is 57.6 Å². The molecule has 0 fully saturated rings. The van der Waals surface area contributed by atoms with E-state index in [0.717, 1.165) is 0 Å². The summed E-state index contributed by atoms with van der Waals surface area (Å²) in [6, 6.07) is 10.5. The van der Waals surface area contributed by atoms with Gasteiger partial charge in [-0.2, -0.15) is 0 Å². The number of ether oxygens (including phenoxy) is 2. The number of rotatable bonds is 5. The van der Waals surface area contributed by atoms with E-state index in [1.54, 1.807) is 43.5 Å². The summed E-state index contributed by atoms with van der Waals surface area (Å²) in [5.74, 6) is 1.17. The number of nitrogens with two attached hydrogens (primary N) is 1. The standard InChI is InChI=1S/C15H13Cl2NO2S/c1-19-9-5-6-10(15(18)21)14(7-9)20-8-11-12(16)3-2-4-13(11)17/h2-7H,8H2,1H3,(H2,18,21). The summed E-state index contributed by atoms with van der Waals surface area (Å²) >= 11 is 17.3. The van der Waals surface area contributed by atoms with Crippen LogP contribution >= 0.6 is 35.4 Å². The van der Waals surface area contributed by atoms with Crippen LogP contribution in [0.2, 0.25) is 10.0 Å². The summed E-state index contributed by atoms with van der Waals surface area (Å²) < 4.78 is 10.9. The lowest BCUT2D eigenvalue weighted by Crippen LogP contribution is -2.12. The summed E-state index contributed by atoms with van der Waals surface area (Å²) in [4.78, 5) is 0.248. The van der Waals surface area contributed by atoms with E-state index in [0.29, 0.717) is 32.7 Å². The van der Waals surface area contributed by atoms with Crippen LogP contribution in [0.25, 0.3) is 0 Å². The number of hydrogen-bond donors (Lipinski definition) is 1. The van der Waals surface area contributed by atoms with Gasteiger partial charge in [0.25, 0.3) is 0 Å². The fourth-order valence-electron chi connectivity index (χ4n) is 1.77. The molecule has 2 aromatic rings. The molecule has 0 aromatic heterocycles. The normalized spacial score (nSPS) is 10.2. The Morgan fingerprint density at radius 1 is 1.19 bits per heavy atom. The lowest BCUT2D eigenvalue weighted by molar-refractivity contribution is 0.303. The van der Waals surface area contributed by atoms with Gasteiger partial charge in [0, 0.05) is 21.7 Å². The smallest absolute Gasteiger partial charge is 0.133 e. The largest absolute Gasteiger partial charge is 0.497 e. The van der Waals surface area contributed by atoms with Crippen molar-refractivity contribution in [2.45, 2.75) is 6.61 Å². The van der Waals surface area contributed by atoms with E-state index in [9.17, 15) is 0 Å². The Bertz CT molecular complexity index is 656. The Labute approximate surface area is 138 Å². The molecule has 3 nitrogen and oxygen atoms in total. The predicted octanol–water partition coefficient (Wildman–Crippen LogP) is 4.22. The third-order valence-electron chi connectivity index (χ3n) is 2.89. The van der Waals surface area contributed by atoms with E-state index in [-0.39, 0.29) is 11.6 Å². The molecule has 110 valence electrons. The first-order valence-electron chi connectivity index (χ1n) is 6.06. The highest BCUT2D eigenvalue weighted by atomic mass is 35.5. The second-order valence-corrected chi connectivity index (χ2v) is 5.47. The molecule has 0 aliphatic rings. The number of hydrogen-bond acceptors (Lipinski definition) is 3. The fourth-order valence-corrected chi connectivity index (χ4v) is 2.45. The van der Waals surface area contributed by atoms with Gasteiger partial charge in [-0.15, -0.1) is 0 Å². The second kappa shape index (κ2) is 6.98. The van der Waals surface area contributed by atoms with Gasteiger partial charge in [0.1, 0.15) is 23.1 Å². The van der Waals surface area contributed by atoms with E-state index in [1.165, 1.54) is 0 Å². The van der Waals surface area contributed by atoms with Gasteiger partial charge in [0.2, 0.25) is 0 Å². The van der Waals surface area contributed by atoms with Crippen molar-refractivity contribution in [3.8, 4) is 11.5 Å². The molecule has 0 radical (unpaired) electrons. The first-order valence-corrected chi connectivity index (χ1v) is 7.23. The van der Waals surface area contributed by atoms with Crippen LogP contribution in [0.3, 0.4) is 0 Å². The molecular formula is C15H13Cl2NO2S. The molecule has 0 spiro atoms. The molecule has 21 heavy (non-hydrogen) atoms. The van der Waals surface area contributed by atoms with Crippen LogP contribution in [0.1, 0.15) is 11.1 Å². The van der Waals surface area contributed by atoms with Gasteiger partial charge in [-0.05, 0) is 24.3 Å². The van der Waals surface area contributed by atoms with E-state index in [4.69, 9.17) is 50.6 Å². The van der Waals surface area contributed by atoms with Gasteiger partial charge in [-0.25, -0.2) is 0 Å². The van der Waals surface area contributed by atoms with E-state index in [1.807, 2.05) is 0 Å². The first-order chi connectivity index (χ1) is 10.0. The second-order valence-electron chi connectivity index (χ2n) is 4.22. The van der Waals surface area contributed by atoms with Gasteiger partial charge in [-0.3, -0.25) is 0 Å². The molecule has 6 heteroatoms. The zero-order valence-electron chi connectivity index (χ0n) is 11.2. The molecule has 2 aromatic carbocycles. The van der Waals surface area contributed by atoms with Crippen molar-refractivity contribution in [3.63, 3.8) is 0 Å². The van der Waals surface area contributed by atoms with Crippen molar-refractivity contribution in [2.75, 3.05) is 7.11 Å². The van der Waals surface area contributed by atoms with Crippen molar-refractivity contribution in [2.24, 2.45) is 5.73 Å². The Hall–Kier alpha value is -1.49. The monoisotopic (exact) mass is 341 g/mol. The summed E-state index contributed by atoms with van der Waals surface area (Å²) in [6.07, 6.45) is 0. The SMILES string of the molecule is COc1ccc(C(N)=S)c(OCc2c(Cl)cccc2Cl)c1. The minimum Gasteiger partial charge on any atom is -0.497 e. The fraction of sp³-hybridized carbons (Fsp3) is 0.133. The van der Waals surface area contributed by atoms with Crippen LogP contribution in [-0.4, -0.2) is 12.1 Å². The lowest BCUT2D eigenvalue weighted by Gasteiger charge is -2.13. The maximum absolute atomic E-state index is 6.12. The molecule has 0 atom stereocenters. The Morgan fingerprint density at radius 3 is 2.43 bits per heavy atom. The molecule has 2 rings (SSSR count). The van der Waals surface area contributed by atoms with Gasteiger partial charge in [0.05, 0.1) is 12.7 Å². The van der Waals surface area contributed by atoms with Crippen molar-refractivity contribution < 1.29 is 9.47 Å². The maximum Gasteiger partial charge on any atom is 0.133 e. The lowest BCUT2D eigenvalue weighted by atomic mass is 10.2. The van der Waals surface area contributed by atoms with Crippen molar-refractivity contribution in [1.82, 2.24) is 0 Å². The molecule has 0 heterocycles. The van der Waals surface area contributed by atoms with Crippen LogP contribution in [0.5, 0.6) is 11.5 Å². The average Bonchev–Trinajstić information content (AvgIpc) is 2.46. The van der Waals surface area contributed by atoms with E-state index >= 15 is 0 Å². The van der Waals surface area contributed by atoms with E-state index in [2.05, 4.69) is 0 Å². The first kappa shape index (κ1) is 15.9. The minimum absolute atomic E-state index is 0.210. The molecule has 0 unspecified atom stereocenters. The Kier molecular flexibility index (Phi) is 5.28. The highest BCUT2D eigenvalue weighted by molar-refractivity contribution is 7.80. The molecular weight excluding hydrogens is 329 g/mol. The van der Waals surface area contributed by atoms with Crippen LogP contribution < -0.4 is 15.2 Å².